The highest BCUT2D eigenvalue weighted by molar-refractivity contribution is 6.46. The molecule has 1 heterocycles. The quantitative estimate of drug-likeness (QED) is 0.230. The van der Waals surface area contributed by atoms with Gasteiger partial charge in [-0.1, -0.05) is 23.7 Å². The van der Waals surface area contributed by atoms with Crippen LogP contribution in [0.4, 0.5) is 5.69 Å². The molecule has 0 spiro atoms. The van der Waals surface area contributed by atoms with Gasteiger partial charge in [0.1, 0.15) is 11.5 Å². The Bertz CT molecular complexity index is 1100. The lowest BCUT2D eigenvalue weighted by Crippen LogP contribution is -2.35. The highest BCUT2D eigenvalue weighted by Gasteiger charge is 2.46. The molecule has 3 rings (SSSR count). The molecule has 0 aromatic heterocycles. The Kier molecular flexibility index (Phi) is 6.28. The fourth-order valence-corrected chi connectivity index (χ4v) is 3.59. The van der Waals surface area contributed by atoms with Gasteiger partial charge in [0.15, 0.2) is 0 Å². The van der Waals surface area contributed by atoms with E-state index in [4.69, 9.17) is 11.6 Å². The SMILES string of the molecule is CN(C)CCN1C(=O)C(=O)C(=C(O)c2cc(Cl)ccc2O)C1c1cccc([N+](=O)[O-])c1. The number of hydrogen-bond acceptors (Lipinski definition) is 7. The second-order valence-electron chi connectivity index (χ2n) is 7.31. The van der Waals surface area contributed by atoms with Crippen molar-refractivity contribution in [2.75, 3.05) is 27.2 Å². The van der Waals surface area contributed by atoms with Crippen LogP contribution in [0.3, 0.4) is 0 Å². The number of phenolic OH excluding ortho intramolecular Hbond substituents is 1. The highest BCUT2D eigenvalue weighted by atomic mass is 35.5. The molecule has 0 radical (unpaired) electrons. The fraction of sp³-hybridized carbons (Fsp3) is 0.238. The van der Waals surface area contributed by atoms with Crippen molar-refractivity contribution in [2.45, 2.75) is 6.04 Å². The van der Waals surface area contributed by atoms with E-state index in [9.17, 15) is 29.9 Å². The van der Waals surface area contributed by atoms with Crippen LogP contribution >= 0.6 is 11.6 Å². The number of hydrogen-bond donors (Lipinski definition) is 2. The first-order valence-electron chi connectivity index (χ1n) is 9.28. The number of halogens is 1. The molecule has 31 heavy (non-hydrogen) atoms. The van der Waals surface area contributed by atoms with Crippen molar-refractivity contribution in [1.29, 1.82) is 0 Å². The number of carbonyl (C=O) groups is 2. The summed E-state index contributed by atoms with van der Waals surface area (Å²) in [6, 6.07) is 8.38. The summed E-state index contributed by atoms with van der Waals surface area (Å²) in [7, 11) is 3.59. The van der Waals surface area contributed by atoms with Crippen LogP contribution < -0.4 is 0 Å². The number of phenols is 1. The van der Waals surface area contributed by atoms with Crippen molar-refractivity contribution in [3.05, 3.63) is 74.3 Å². The first-order valence-corrected chi connectivity index (χ1v) is 9.66. The minimum Gasteiger partial charge on any atom is -0.507 e. The molecule has 1 unspecified atom stereocenters. The van der Waals surface area contributed by atoms with Crippen molar-refractivity contribution in [2.24, 2.45) is 0 Å². The predicted octanol–water partition coefficient (Wildman–Crippen LogP) is 2.94. The summed E-state index contributed by atoms with van der Waals surface area (Å²) in [4.78, 5) is 39.5. The van der Waals surface area contributed by atoms with Crippen molar-refractivity contribution in [3.8, 4) is 5.75 Å². The number of aliphatic hydroxyl groups is 1. The molecule has 0 saturated carbocycles. The van der Waals surface area contributed by atoms with Gasteiger partial charge >= 0.3 is 0 Å². The second kappa shape index (κ2) is 8.75. The molecule has 9 nitrogen and oxygen atoms in total. The summed E-state index contributed by atoms with van der Waals surface area (Å²) in [6.45, 7) is 0.560. The van der Waals surface area contributed by atoms with E-state index in [1.54, 1.807) is 14.1 Å². The number of Topliss-reactive ketones (excluding diaryl/α,β-unsaturated/α-hetero) is 1. The third kappa shape index (κ3) is 4.37. The van der Waals surface area contributed by atoms with Gasteiger partial charge in [0.25, 0.3) is 17.4 Å². The van der Waals surface area contributed by atoms with Crippen molar-refractivity contribution in [1.82, 2.24) is 9.80 Å². The van der Waals surface area contributed by atoms with E-state index in [-0.39, 0.29) is 39.7 Å². The maximum Gasteiger partial charge on any atom is 0.295 e. The zero-order valence-corrected chi connectivity index (χ0v) is 17.5. The summed E-state index contributed by atoms with van der Waals surface area (Å²) in [5, 5.41) is 32.6. The monoisotopic (exact) mass is 445 g/mol. The molecular formula is C21H20ClN3O6. The average Bonchev–Trinajstić information content (AvgIpc) is 2.98. The number of nitrogens with zero attached hydrogens (tertiary/aromatic N) is 3. The molecule has 1 amide bonds. The summed E-state index contributed by atoms with van der Waals surface area (Å²) >= 11 is 5.97. The largest absolute Gasteiger partial charge is 0.507 e. The van der Waals surface area contributed by atoms with Gasteiger partial charge in [0.2, 0.25) is 0 Å². The third-order valence-corrected chi connectivity index (χ3v) is 5.17. The molecule has 2 aromatic rings. The van der Waals surface area contributed by atoms with E-state index in [1.165, 1.54) is 47.4 Å². The Hall–Kier alpha value is -3.43. The molecule has 0 bridgehead atoms. The maximum absolute atomic E-state index is 12.9. The zero-order chi connectivity index (χ0) is 22.9. The number of nitro benzene ring substituents is 1. The lowest BCUT2D eigenvalue weighted by atomic mass is 9.94. The van der Waals surface area contributed by atoms with Crippen LogP contribution in [0.15, 0.2) is 48.0 Å². The van der Waals surface area contributed by atoms with Gasteiger partial charge in [0, 0.05) is 30.2 Å². The highest BCUT2D eigenvalue weighted by Crippen LogP contribution is 2.41. The number of likely N-dealkylation sites (N-methyl/N-ethyl adjacent to an activating group) is 1. The van der Waals surface area contributed by atoms with E-state index in [2.05, 4.69) is 0 Å². The summed E-state index contributed by atoms with van der Waals surface area (Å²) in [5.41, 5.74) is -0.327. The number of amides is 1. The number of benzene rings is 2. The Morgan fingerprint density at radius 1 is 1.23 bits per heavy atom. The molecule has 1 atom stereocenters. The normalized spacial score (nSPS) is 18.1. The van der Waals surface area contributed by atoms with E-state index in [0.717, 1.165) is 0 Å². The minimum absolute atomic E-state index is 0.117. The van der Waals surface area contributed by atoms with Gasteiger partial charge < -0.3 is 20.0 Å². The number of likely N-dealkylation sites (tertiary alicyclic amines) is 1. The van der Waals surface area contributed by atoms with E-state index in [0.29, 0.717) is 6.54 Å². The number of aromatic hydroxyl groups is 1. The fourth-order valence-electron chi connectivity index (χ4n) is 3.42. The van der Waals surface area contributed by atoms with Crippen molar-refractivity contribution in [3.63, 3.8) is 0 Å². The first-order chi connectivity index (χ1) is 14.6. The molecule has 0 aliphatic carbocycles. The lowest BCUT2D eigenvalue weighted by Gasteiger charge is -2.26. The van der Waals surface area contributed by atoms with Gasteiger partial charge in [-0.3, -0.25) is 19.7 Å². The van der Waals surface area contributed by atoms with Gasteiger partial charge in [-0.05, 0) is 37.9 Å². The molecular weight excluding hydrogens is 426 g/mol. The van der Waals surface area contributed by atoms with Crippen LogP contribution in [-0.4, -0.2) is 63.8 Å². The number of carbonyl (C=O) groups excluding carboxylic acids is 2. The molecule has 2 aromatic carbocycles. The number of aliphatic hydroxyl groups excluding tert-OH is 1. The molecule has 1 saturated heterocycles. The Balaban J connectivity index is 2.23. The molecule has 10 heteroatoms. The summed E-state index contributed by atoms with van der Waals surface area (Å²) in [5.74, 6) is -2.74. The predicted molar refractivity (Wildman–Crippen MR) is 114 cm³/mol. The summed E-state index contributed by atoms with van der Waals surface area (Å²) in [6.07, 6.45) is 0. The Morgan fingerprint density at radius 2 is 1.94 bits per heavy atom. The molecule has 1 aliphatic heterocycles. The Morgan fingerprint density at radius 3 is 2.58 bits per heavy atom. The molecule has 162 valence electrons. The Labute approximate surface area is 182 Å². The van der Waals surface area contributed by atoms with Crippen molar-refractivity contribution >= 4 is 34.7 Å². The van der Waals surface area contributed by atoms with Crippen LogP contribution in [0.2, 0.25) is 5.02 Å². The van der Waals surface area contributed by atoms with E-state index in [1.807, 2.05) is 4.90 Å². The van der Waals surface area contributed by atoms with Crippen LogP contribution in [0.5, 0.6) is 5.75 Å². The number of ketones is 1. The smallest absolute Gasteiger partial charge is 0.295 e. The number of rotatable bonds is 6. The average molecular weight is 446 g/mol. The van der Waals surface area contributed by atoms with Crippen molar-refractivity contribution < 1.29 is 24.7 Å². The number of non-ortho nitro benzene ring substituents is 1. The number of nitro groups is 1. The zero-order valence-electron chi connectivity index (χ0n) is 16.8. The molecule has 2 N–H and O–H groups in total. The van der Waals surface area contributed by atoms with Gasteiger partial charge in [-0.25, -0.2) is 0 Å². The van der Waals surface area contributed by atoms with Crippen LogP contribution in [0.1, 0.15) is 17.2 Å². The maximum atomic E-state index is 12.9. The topological polar surface area (TPSA) is 124 Å². The second-order valence-corrected chi connectivity index (χ2v) is 7.75. The van der Waals surface area contributed by atoms with E-state index < -0.39 is 28.4 Å². The standard InChI is InChI=1S/C21H20ClN3O6/c1-23(2)8-9-24-18(12-4-3-5-14(10-12)25(30)31)17(20(28)21(24)29)19(27)15-11-13(22)6-7-16(15)26/h3-7,10-11,18,26-27H,8-9H2,1-2H3. The van der Waals surface area contributed by atoms with Crippen LogP contribution in [0, 0.1) is 10.1 Å². The van der Waals surface area contributed by atoms with E-state index >= 15 is 0 Å². The minimum atomic E-state index is -1.07. The third-order valence-electron chi connectivity index (χ3n) is 4.94. The lowest BCUT2D eigenvalue weighted by molar-refractivity contribution is -0.384. The molecule has 1 fully saturated rings. The van der Waals surface area contributed by atoms with Gasteiger partial charge in [-0.15, -0.1) is 0 Å². The summed E-state index contributed by atoms with van der Waals surface area (Å²) < 4.78 is 0. The first kappa shape index (κ1) is 22.3. The van der Waals surface area contributed by atoms with Crippen LogP contribution in [0.25, 0.3) is 5.76 Å². The van der Waals surface area contributed by atoms with Crippen LogP contribution in [-0.2, 0) is 9.59 Å². The molecule has 1 aliphatic rings. The van der Waals surface area contributed by atoms with Gasteiger partial charge in [-0.2, -0.15) is 0 Å². The van der Waals surface area contributed by atoms with Gasteiger partial charge in [0.05, 0.1) is 22.1 Å².